The summed E-state index contributed by atoms with van der Waals surface area (Å²) >= 11 is 0. The molecule has 3 heterocycles. The van der Waals surface area contributed by atoms with E-state index >= 15 is 0 Å². The zero-order chi connectivity index (χ0) is 20.9. The van der Waals surface area contributed by atoms with Crippen LogP contribution in [0.15, 0.2) is 53.8 Å². The first-order chi connectivity index (χ1) is 14.7. The average molecular weight is 406 g/mol. The van der Waals surface area contributed by atoms with Gasteiger partial charge in [-0.2, -0.15) is 0 Å². The maximum atomic E-state index is 6.08. The summed E-state index contributed by atoms with van der Waals surface area (Å²) in [6.07, 6.45) is 5.05. The Morgan fingerprint density at radius 1 is 1.20 bits per heavy atom. The predicted octanol–water partition coefficient (Wildman–Crippen LogP) is 3.53. The molecule has 1 unspecified atom stereocenters. The number of hydrogen-bond donors (Lipinski definition) is 1. The summed E-state index contributed by atoms with van der Waals surface area (Å²) in [4.78, 5) is 12.0. The normalized spacial score (nSPS) is 17.5. The smallest absolute Gasteiger partial charge is 0.194 e. The number of nitrogens with zero attached hydrogens (tertiary/aromatic N) is 4. The van der Waals surface area contributed by atoms with Gasteiger partial charge in [0.05, 0.1) is 18.8 Å². The van der Waals surface area contributed by atoms with Gasteiger partial charge in [-0.3, -0.25) is 4.99 Å². The minimum atomic E-state index is 0.0743. The summed E-state index contributed by atoms with van der Waals surface area (Å²) in [6, 6.07) is 12.6. The number of fused-ring (bicyclic) bond motifs is 1. The first-order valence-corrected chi connectivity index (χ1v) is 10.8. The summed E-state index contributed by atoms with van der Waals surface area (Å²) in [6.45, 7) is 10.3. The molecule has 4 rings (SSSR count). The van der Waals surface area contributed by atoms with Crippen LogP contribution in [0.4, 0.5) is 0 Å². The molecule has 2 aromatic heterocycles. The topological polar surface area (TPSA) is 54.2 Å². The third kappa shape index (κ3) is 4.49. The van der Waals surface area contributed by atoms with Crippen LogP contribution in [0.25, 0.3) is 5.65 Å². The zero-order valence-electron chi connectivity index (χ0n) is 18.1. The number of rotatable bonds is 5. The summed E-state index contributed by atoms with van der Waals surface area (Å²) in [5.74, 6) is 0.958. The SMILES string of the molecule is CCNC(=NCCc1cn2cccc(C)c2n1)N1CCOC(c2ccccc2C)C1. The van der Waals surface area contributed by atoms with Crippen LogP contribution in [-0.2, 0) is 11.2 Å². The highest BCUT2D eigenvalue weighted by Gasteiger charge is 2.25. The number of aryl methyl sites for hydroxylation is 2. The van der Waals surface area contributed by atoms with E-state index in [1.807, 2.05) is 6.20 Å². The molecular formula is C24H31N5O. The van der Waals surface area contributed by atoms with Gasteiger partial charge in [0.1, 0.15) is 11.8 Å². The van der Waals surface area contributed by atoms with Crippen molar-refractivity contribution in [1.82, 2.24) is 19.6 Å². The number of morpholine rings is 1. The highest BCUT2D eigenvalue weighted by Crippen LogP contribution is 2.25. The number of imidazole rings is 1. The molecule has 1 aliphatic heterocycles. The van der Waals surface area contributed by atoms with E-state index < -0.39 is 0 Å². The van der Waals surface area contributed by atoms with E-state index in [-0.39, 0.29) is 6.10 Å². The molecule has 0 aliphatic carbocycles. The third-order valence-corrected chi connectivity index (χ3v) is 5.59. The molecule has 1 fully saturated rings. The van der Waals surface area contributed by atoms with Gasteiger partial charge in [-0.25, -0.2) is 4.98 Å². The van der Waals surface area contributed by atoms with E-state index in [9.17, 15) is 0 Å². The van der Waals surface area contributed by atoms with E-state index in [2.05, 4.69) is 78.0 Å². The van der Waals surface area contributed by atoms with E-state index in [0.717, 1.165) is 43.4 Å². The summed E-state index contributed by atoms with van der Waals surface area (Å²) in [7, 11) is 0. The molecule has 0 radical (unpaired) electrons. The second-order valence-corrected chi connectivity index (χ2v) is 7.80. The van der Waals surface area contributed by atoms with Gasteiger partial charge in [-0.1, -0.05) is 30.3 Å². The van der Waals surface area contributed by atoms with Gasteiger partial charge < -0.3 is 19.4 Å². The van der Waals surface area contributed by atoms with Crippen molar-refractivity contribution >= 4 is 11.6 Å². The lowest BCUT2D eigenvalue weighted by Gasteiger charge is -2.35. The molecule has 0 amide bonds. The van der Waals surface area contributed by atoms with E-state index in [1.54, 1.807) is 0 Å². The lowest BCUT2D eigenvalue weighted by Crippen LogP contribution is -2.48. The Kier molecular flexibility index (Phi) is 6.33. The number of hydrogen-bond acceptors (Lipinski definition) is 3. The molecule has 1 atom stereocenters. The molecule has 1 N–H and O–H groups in total. The first kappa shape index (κ1) is 20.4. The molecule has 1 aromatic carbocycles. The van der Waals surface area contributed by atoms with Crippen LogP contribution >= 0.6 is 0 Å². The van der Waals surface area contributed by atoms with Crippen LogP contribution in [0, 0.1) is 13.8 Å². The van der Waals surface area contributed by atoms with Gasteiger partial charge in [-0.05, 0) is 43.5 Å². The monoisotopic (exact) mass is 405 g/mol. The predicted molar refractivity (Wildman–Crippen MR) is 121 cm³/mol. The molecule has 0 bridgehead atoms. The van der Waals surface area contributed by atoms with Crippen LogP contribution < -0.4 is 5.32 Å². The molecule has 30 heavy (non-hydrogen) atoms. The van der Waals surface area contributed by atoms with E-state index in [4.69, 9.17) is 14.7 Å². The number of guanidine groups is 1. The van der Waals surface area contributed by atoms with Crippen LogP contribution in [-0.4, -0.2) is 53.0 Å². The third-order valence-electron chi connectivity index (χ3n) is 5.59. The summed E-state index contributed by atoms with van der Waals surface area (Å²) < 4.78 is 8.18. The highest BCUT2D eigenvalue weighted by molar-refractivity contribution is 5.80. The van der Waals surface area contributed by atoms with Crippen molar-refractivity contribution in [3.05, 3.63) is 71.2 Å². The maximum Gasteiger partial charge on any atom is 0.194 e. The minimum absolute atomic E-state index is 0.0743. The number of aliphatic imine (C=N–C) groups is 1. The van der Waals surface area contributed by atoms with Crippen molar-refractivity contribution < 1.29 is 4.74 Å². The molecule has 3 aromatic rings. The molecular weight excluding hydrogens is 374 g/mol. The second-order valence-electron chi connectivity index (χ2n) is 7.80. The standard InChI is InChI=1S/C24H31N5O/c1-4-25-24(26-12-11-20-16-28-13-7-9-19(3)23(28)27-20)29-14-15-30-22(17-29)21-10-6-5-8-18(21)2/h5-10,13,16,22H,4,11-12,14-15,17H2,1-3H3,(H,25,26). The van der Waals surface area contributed by atoms with Gasteiger partial charge in [0, 0.05) is 38.4 Å². The van der Waals surface area contributed by atoms with E-state index in [1.165, 1.54) is 16.7 Å². The number of pyridine rings is 1. The Labute approximate surface area is 178 Å². The van der Waals surface area contributed by atoms with Crippen molar-refractivity contribution in [2.75, 3.05) is 32.8 Å². The first-order valence-electron chi connectivity index (χ1n) is 10.8. The van der Waals surface area contributed by atoms with Gasteiger partial charge in [0.25, 0.3) is 0 Å². The number of benzene rings is 1. The molecule has 158 valence electrons. The van der Waals surface area contributed by atoms with Crippen LogP contribution in [0.1, 0.15) is 35.4 Å². The summed E-state index contributed by atoms with van der Waals surface area (Å²) in [5, 5.41) is 3.46. The number of ether oxygens (including phenoxy) is 1. The fourth-order valence-electron chi connectivity index (χ4n) is 4.00. The largest absolute Gasteiger partial charge is 0.370 e. The maximum absolute atomic E-state index is 6.08. The molecule has 1 aliphatic rings. The Hall–Kier alpha value is -2.86. The average Bonchev–Trinajstić information content (AvgIpc) is 3.18. The van der Waals surface area contributed by atoms with Crippen molar-refractivity contribution in [2.45, 2.75) is 33.3 Å². The molecule has 0 spiro atoms. The van der Waals surface area contributed by atoms with Crippen molar-refractivity contribution in [1.29, 1.82) is 0 Å². The van der Waals surface area contributed by atoms with Crippen LogP contribution in [0.5, 0.6) is 0 Å². The van der Waals surface area contributed by atoms with E-state index in [0.29, 0.717) is 13.2 Å². The fraction of sp³-hybridized carbons (Fsp3) is 0.417. The van der Waals surface area contributed by atoms with Gasteiger partial charge in [0.2, 0.25) is 0 Å². The Balaban J connectivity index is 1.45. The van der Waals surface area contributed by atoms with Crippen molar-refractivity contribution in [2.24, 2.45) is 4.99 Å². The lowest BCUT2D eigenvalue weighted by molar-refractivity contribution is -0.00832. The van der Waals surface area contributed by atoms with Crippen LogP contribution in [0.2, 0.25) is 0 Å². The Bertz CT molecular complexity index is 1030. The number of aromatic nitrogens is 2. The van der Waals surface area contributed by atoms with Gasteiger partial charge in [-0.15, -0.1) is 0 Å². The van der Waals surface area contributed by atoms with Gasteiger partial charge in [0.15, 0.2) is 5.96 Å². The van der Waals surface area contributed by atoms with Crippen molar-refractivity contribution in [3.8, 4) is 0 Å². The van der Waals surface area contributed by atoms with Crippen molar-refractivity contribution in [3.63, 3.8) is 0 Å². The number of nitrogens with one attached hydrogen (secondary N) is 1. The zero-order valence-corrected chi connectivity index (χ0v) is 18.1. The fourth-order valence-corrected chi connectivity index (χ4v) is 4.00. The summed E-state index contributed by atoms with van der Waals surface area (Å²) in [5.41, 5.74) is 5.82. The molecule has 6 heteroatoms. The second kappa shape index (κ2) is 9.30. The quantitative estimate of drug-likeness (QED) is 0.521. The van der Waals surface area contributed by atoms with Crippen LogP contribution in [0.3, 0.4) is 0 Å². The molecule has 1 saturated heterocycles. The highest BCUT2D eigenvalue weighted by atomic mass is 16.5. The Morgan fingerprint density at radius 2 is 2.03 bits per heavy atom. The molecule has 6 nitrogen and oxygen atoms in total. The van der Waals surface area contributed by atoms with Gasteiger partial charge >= 0.3 is 0 Å². The lowest BCUT2D eigenvalue weighted by atomic mass is 10.0. The minimum Gasteiger partial charge on any atom is -0.370 e. The Morgan fingerprint density at radius 3 is 2.83 bits per heavy atom. The molecule has 0 saturated carbocycles.